The number of primary amides is 1. The zero-order valence-corrected chi connectivity index (χ0v) is 20.3. The number of anilines is 4. The first kappa shape index (κ1) is 28.7. The molecular weight excluding hydrogens is 520 g/mol. The van der Waals surface area contributed by atoms with E-state index in [1.54, 1.807) is 18.0 Å². The molecule has 5 N–H and O–H groups in total. The van der Waals surface area contributed by atoms with Crippen molar-refractivity contribution < 1.29 is 40.7 Å². The predicted octanol–water partition coefficient (Wildman–Crippen LogP) is 4.95. The summed E-state index contributed by atoms with van der Waals surface area (Å²) in [6.45, 7) is 0.290. The van der Waals surface area contributed by atoms with Crippen molar-refractivity contribution in [2.24, 2.45) is 11.7 Å². The quantitative estimate of drug-likeness (QED) is 0.331. The van der Waals surface area contributed by atoms with Crippen LogP contribution in [0.4, 0.5) is 49.1 Å². The molecule has 1 fully saturated rings. The highest BCUT2D eigenvalue weighted by Crippen LogP contribution is 2.38. The Bertz CT molecular complexity index is 1130. The molecular formula is C24H27F6N5O3. The van der Waals surface area contributed by atoms with E-state index >= 15 is 0 Å². The highest BCUT2D eigenvalue weighted by Gasteiger charge is 2.41. The van der Waals surface area contributed by atoms with Gasteiger partial charge in [-0.15, -0.1) is 13.2 Å². The topological polar surface area (TPSA) is 109 Å². The Labute approximate surface area is 214 Å². The molecule has 0 spiro atoms. The van der Waals surface area contributed by atoms with E-state index in [2.05, 4.69) is 20.7 Å². The van der Waals surface area contributed by atoms with E-state index < -0.39 is 36.0 Å². The molecule has 2 amide bonds. The second-order valence-electron chi connectivity index (χ2n) is 8.64. The smallest absolute Gasteiger partial charge is 0.406 e. The number of nitrogens with zero attached hydrogens (tertiary/aromatic N) is 1. The summed E-state index contributed by atoms with van der Waals surface area (Å²) < 4.78 is 80.7. The van der Waals surface area contributed by atoms with Crippen LogP contribution in [0.2, 0.25) is 0 Å². The molecule has 1 aliphatic rings. The summed E-state index contributed by atoms with van der Waals surface area (Å²) in [5.41, 5.74) is 6.85. The van der Waals surface area contributed by atoms with Crippen molar-refractivity contribution in [3.63, 3.8) is 0 Å². The molecule has 0 aliphatic carbocycles. The Kier molecular flexibility index (Phi) is 8.84. The first-order valence-electron chi connectivity index (χ1n) is 11.6. The van der Waals surface area contributed by atoms with Crippen LogP contribution in [0.3, 0.4) is 0 Å². The van der Waals surface area contributed by atoms with E-state index in [1.165, 1.54) is 18.2 Å². The molecule has 38 heavy (non-hydrogen) atoms. The Morgan fingerprint density at radius 3 is 2.18 bits per heavy atom. The summed E-state index contributed by atoms with van der Waals surface area (Å²) >= 11 is 0. The van der Waals surface area contributed by atoms with Gasteiger partial charge < -0.3 is 31.3 Å². The number of halogens is 6. The van der Waals surface area contributed by atoms with Crippen molar-refractivity contribution in [3.05, 3.63) is 42.0 Å². The van der Waals surface area contributed by atoms with E-state index in [9.17, 15) is 35.9 Å². The molecule has 0 saturated carbocycles. The van der Waals surface area contributed by atoms with E-state index in [-0.39, 0.29) is 50.1 Å². The highest BCUT2D eigenvalue weighted by atomic mass is 19.4. The maximum absolute atomic E-state index is 13.3. The molecule has 2 aromatic rings. The summed E-state index contributed by atoms with van der Waals surface area (Å²) in [7, 11) is 1.60. The van der Waals surface area contributed by atoms with E-state index in [0.29, 0.717) is 17.1 Å². The van der Waals surface area contributed by atoms with Gasteiger partial charge in [-0.25, -0.2) is 0 Å². The van der Waals surface area contributed by atoms with Crippen molar-refractivity contribution in [1.82, 2.24) is 0 Å². The van der Waals surface area contributed by atoms with Gasteiger partial charge in [0.25, 0.3) is 5.91 Å². The van der Waals surface area contributed by atoms with Gasteiger partial charge in [-0.05, 0) is 49.2 Å². The summed E-state index contributed by atoms with van der Waals surface area (Å²) in [5, 5.41) is 8.57. The molecule has 8 nitrogen and oxygen atoms in total. The van der Waals surface area contributed by atoms with Crippen molar-refractivity contribution in [3.8, 4) is 5.75 Å². The van der Waals surface area contributed by atoms with Crippen LogP contribution in [0.15, 0.2) is 36.4 Å². The second-order valence-corrected chi connectivity index (χ2v) is 8.64. The van der Waals surface area contributed by atoms with Gasteiger partial charge in [0.1, 0.15) is 5.75 Å². The zero-order chi connectivity index (χ0) is 28.1. The van der Waals surface area contributed by atoms with Crippen molar-refractivity contribution >= 4 is 34.6 Å². The normalized spacial score (nSPS) is 14.7. The lowest BCUT2D eigenvalue weighted by molar-refractivity contribution is -0.274. The third-order valence-corrected chi connectivity index (χ3v) is 5.98. The minimum atomic E-state index is -4.87. The summed E-state index contributed by atoms with van der Waals surface area (Å²) in [4.78, 5) is 26.1. The fraction of sp³-hybridized carbons (Fsp3) is 0.417. The van der Waals surface area contributed by atoms with Gasteiger partial charge in [0.15, 0.2) is 0 Å². The number of nitrogens with two attached hydrogens (primary N) is 1. The molecule has 0 unspecified atom stereocenters. The number of nitrogens with one attached hydrogen (secondary N) is 3. The van der Waals surface area contributed by atoms with Crippen molar-refractivity contribution in [2.75, 3.05) is 47.5 Å². The van der Waals surface area contributed by atoms with E-state index in [1.807, 2.05) is 0 Å². The number of hydrogen-bond acceptors (Lipinski definition) is 6. The first-order valence-corrected chi connectivity index (χ1v) is 11.6. The van der Waals surface area contributed by atoms with Crippen LogP contribution < -0.4 is 31.3 Å². The van der Waals surface area contributed by atoms with Crippen LogP contribution >= 0.6 is 0 Å². The largest absolute Gasteiger partial charge is 0.573 e. The average Bonchev–Trinajstić information content (AvgIpc) is 2.83. The van der Waals surface area contributed by atoms with E-state index in [4.69, 9.17) is 5.73 Å². The molecule has 208 valence electrons. The number of alkyl halides is 6. The summed E-state index contributed by atoms with van der Waals surface area (Å²) in [5.74, 6) is -3.06. The number of piperidine rings is 1. The molecule has 2 aromatic carbocycles. The molecule has 0 radical (unpaired) electrons. The van der Waals surface area contributed by atoms with Gasteiger partial charge in [-0.3, -0.25) is 9.59 Å². The number of ether oxygens (including phenoxy) is 1. The van der Waals surface area contributed by atoms with Crippen molar-refractivity contribution in [1.29, 1.82) is 0 Å². The second kappa shape index (κ2) is 11.7. The number of carbonyl (C=O) groups is 2. The van der Waals surface area contributed by atoms with Gasteiger partial charge in [-0.1, -0.05) is 0 Å². The first-order chi connectivity index (χ1) is 17.8. The predicted molar refractivity (Wildman–Crippen MR) is 130 cm³/mol. The molecule has 0 atom stereocenters. The van der Waals surface area contributed by atoms with Crippen LogP contribution in [0, 0.1) is 5.92 Å². The Morgan fingerprint density at radius 1 is 1.03 bits per heavy atom. The fourth-order valence-corrected chi connectivity index (χ4v) is 4.09. The number of hydrogen-bond donors (Lipinski definition) is 4. The SMILES string of the molecule is CNc1cc(C(=O)Nc2ccc(OC(F)(F)F)cc2)c(N2CCC(C(F)(F)F)CC2)cc1NCCC(N)=O. The number of carbonyl (C=O) groups excluding carboxylic acids is 2. The molecule has 0 bridgehead atoms. The maximum atomic E-state index is 13.3. The Balaban J connectivity index is 1.89. The summed E-state index contributed by atoms with van der Waals surface area (Å²) in [6.07, 6.45) is -9.44. The number of benzene rings is 2. The van der Waals surface area contributed by atoms with Gasteiger partial charge in [0.2, 0.25) is 5.91 Å². The lowest BCUT2D eigenvalue weighted by Gasteiger charge is -2.35. The number of amides is 2. The molecule has 3 rings (SSSR count). The Morgan fingerprint density at radius 2 is 1.66 bits per heavy atom. The fourth-order valence-electron chi connectivity index (χ4n) is 4.09. The molecule has 1 saturated heterocycles. The standard InChI is InChI=1S/C24H27F6N5O3/c1-32-18-12-17(22(37)34-15-2-4-16(5-3-15)38-24(28,29)30)20(13-19(18)33-9-6-21(31)36)35-10-7-14(8-11-35)23(25,26)27/h2-5,12-14,32-33H,6-11H2,1H3,(H2,31,36)(H,34,37). The third-order valence-electron chi connectivity index (χ3n) is 5.98. The lowest BCUT2D eigenvalue weighted by atomic mass is 9.95. The average molecular weight is 548 g/mol. The molecule has 1 aliphatic heterocycles. The van der Waals surface area contributed by atoms with Crippen LogP contribution in [-0.2, 0) is 4.79 Å². The van der Waals surface area contributed by atoms with Crippen LogP contribution in [0.1, 0.15) is 29.6 Å². The maximum Gasteiger partial charge on any atom is 0.573 e. The van der Waals surface area contributed by atoms with E-state index in [0.717, 1.165) is 12.1 Å². The van der Waals surface area contributed by atoms with Gasteiger partial charge in [0.05, 0.1) is 28.5 Å². The summed E-state index contributed by atoms with van der Waals surface area (Å²) in [6, 6.07) is 7.65. The van der Waals surface area contributed by atoms with Gasteiger partial charge in [-0.2, -0.15) is 13.2 Å². The zero-order valence-electron chi connectivity index (χ0n) is 20.3. The highest BCUT2D eigenvalue weighted by molar-refractivity contribution is 6.09. The Hall–Kier alpha value is -3.84. The molecule has 0 aromatic heterocycles. The van der Waals surface area contributed by atoms with Crippen LogP contribution in [-0.4, -0.2) is 51.0 Å². The third kappa shape index (κ3) is 7.83. The monoisotopic (exact) mass is 547 g/mol. The van der Waals surface area contributed by atoms with Gasteiger partial charge >= 0.3 is 12.5 Å². The van der Waals surface area contributed by atoms with Gasteiger partial charge in [0, 0.05) is 38.8 Å². The van der Waals surface area contributed by atoms with Crippen LogP contribution in [0.25, 0.3) is 0 Å². The minimum Gasteiger partial charge on any atom is -0.406 e. The van der Waals surface area contributed by atoms with Crippen LogP contribution in [0.5, 0.6) is 5.75 Å². The number of rotatable bonds is 9. The molecule has 14 heteroatoms. The molecule has 1 heterocycles. The minimum absolute atomic E-state index is 0.0335. The lowest BCUT2D eigenvalue weighted by Crippen LogP contribution is -2.39. The van der Waals surface area contributed by atoms with Crippen molar-refractivity contribution in [2.45, 2.75) is 31.8 Å².